The van der Waals surface area contributed by atoms with Gasteiger partial charge in [0.05, 0.1) is 6.10 Å². The van der Waals surface area contributed by atoms with Crippen molar-refractivity contribution in [1.29, 1.82) is 0 Å². The van der Waals surface area contributed by atoms with Gasteiger partial charge >= 0.3 is 0 Å². The van der Waals surface area contributed by atoms with Crippen LogP contribution in [0, 0.1) is 0 Å². The molecule has 1 aromatic rings. The Balaban J connectivity index is 2.04. The minimum absolute atomic E-state index is 0.0370. The highest BCUT2D eigenvalue weighted by molar-refractivity contribution is 8.00. The van der Waals surface area contributed by atoms with Gasteiger partial charge in [0.1, 0.15) is 4.93 Å². The largest absolute Gasteiger partial charge is 0.357 e. The molecule has 1 saturated heterocycles. The predicted octanol–water partition coefficient (Wildman–Crippen LogP) is 4.01. The quantitative estimate of drug-likeness (QED) is 0.764. The highest BCUT2D eigenvalue weighted by Gasteiger charge is 2.36. The first-order chi connectivity index (χ1) is 7.23. The lowest BCUT2D eigenvalue weighted by molar-refractivity contribution is 0.0328. The molecule has 1 aliphatic heterocycles. The maximum atomic E-state index is 6.14. The highest BCUT2D eigenvalue weighted by atomic mass is 32.2. The van der Waals surface area contributed by atoms with Gasteiger partial charge in [0, 0.05) is 0 Å². The number of rotatable bonds is 3. The Morgan fingerprint density at radius 1 is 1.40 bits per heavy atom. The Morgan fingerprint density at radius 2 is 2.13 bits per heavy atom. The van der Waals surface area contributed by atoms with Crippen LogP contribution in [-0.2, 0) is 4.74 Å². The summed E-state index contributed by atoms with van der Waals surface area (Å²) in [6.45, 7) is 4.40. The number of benzene rings is 1. The van der Waals surface area contributed by atoms with Gasteiger partial charge in [0.2, 0.25) is 0 Å². The molecule has 1 aliphatic rings. The first kappa shape index (κ1) is 11.0. The summed E-state index contributed by atoms with van der Waals surface area (Å²) < 4.78 is 6.14. The van der Waals surface area contributed by atoms with Crippen molar-refractivity contribution in [3.8, 4) is 0 Å². The lowest BCUT2D eigenvalue weighted by atomic mass is 10.1. The van der Waals surface area contributed by atoms with Crippen LogP contribution in [0.15, 0.2) is 30.3 Å². The second kappa shape index (κ2) is 4.58. The fourth-order valence-corrected chi connectivity index (χ4v) is 3.18. The van der Waals surface area contributed by atoms with Gasteiger partial charge in [-0.25, -0.2) is 0 Å². The van der Waals surface area contributed by atoms with Crippen LogP contribution in [-0.4, -0.2) is 10.7 Å². The third-order valence-corrected chi connectivity index (χ3v) is 4.07. The molecule has 0 bridgehead atoms. The lowest BCUT2D eigenvalue weighted by Gasteiger charge is -2.23. The van der Waals surface area contributed by atoms with Crippen LogP contribution < -0.4 is 0 Å². The van der Waals surface area contributed by atoms with Gasteiger partial charge in [0.25, 0.3) is 0 Å². The van der Waals surface area contributed by atoms with Crippen LogP contribution in [0.4, 0.5) is 0 Å². The van der Waals surface area contributed by atoms with Gasteiger partial charge in [-0.15, -0.1) is 11.8 Å². The zero-order valence-electron chi connectivity index (χ0n) is 9.40. The van der Waals surface area contributed by atoms with Crippen molar-refractivity contribution in [2.45, 2.75) is 37.7 Å². The lowest BCUT2D eigenvalue weighted by Crippen LogP contribution is -2.18. The number of hydrogen-bond acceptors (Lipinski definition) is 2. The molecule has 2 rings (SSSR count). The molecule has 1 heterocycles. The van der Waals surface area contributed by atoms with Gasteiger partial charge in [-0.05, 0) is 31.1 Å². The number of ether oxygens (including phenoxy) is 1. The molecule has 1 aromatic carbocycles. The fraction of sp³-hybridized carbons (Fsp3) is 0.538. The van der Waals surface area contributed by atoms with E-state index in [1.807, 2.05) is 11.8 Å². The topological polar surface area (TPSA) is 9.23 Å². The molecule has 0 N–H and O–H groups in total. The highest BCUT2D eigenvalue weighted by Crippen LogP contribution is 2.45. The normalized spacial score (nSPS) is 30.7. The zero-order chi connectivity index (χ0) is 10.7. The standard InChI is InChI=1S/C13H18OS/c1-3-15-13(2)10-9-12(14-13)11-7-5-4-6-8-11/h4-8,12H,3,9-10H2,1-2H3. The minimum atomic E-state index is 0.0370. The maximum absolute atomic E-state index is 6.14. The molecule has 0 amide bonds. The van der Waals surface area contributed by atoms with Crippen molar-refractivity contribution >= 4 is 11.8 Å². The van der Waals surface area contributed by atoms with Crippen molar-refractivity contribution in [2.75, 3.05) is 5.75 Å². The molecule has 82 valence electrons. The molecule has 2 unspecified atom stereocenters. The summed E-state index contributed by atoms with van der Waals surface area (Å²) in [4.78, 5) is 0.0370. The molecule has 2 heteroatoms. The Kier molecular flexibility index (Phi) is 3.37. The summed E-state index contributed by atoms with van der Waals surface area (Å²) in [5.41, 5.74) is 1.32. The Hall–Kier alpha value is -0.470. The van der Waals surface area contributed by atoms with Crippen molar-refractivity contribution < 1.29 is 4.74 Å². The SMILES string of the molecule is CCSC1(C)CCC(c2ccccc2)O1. The van der Waals surface area contributed by atoms with Crippen LogP contribution >= 0.6 is 11.8 Å². The second-order valence-electron chi connectivity index (χ2n) is 4.12. The predicted molar refractivity (Wildman–Crippen MR) is 66.0 cm³/mol. The fourth-order valence-electron chi connectivity index (χ4n) is 2.13. The molecular weight excluding hydrogens is 204 g/mol. The summed E-state index contributed by atoms with van der Waals surface area (Å²) in [6.07, 6.45) is 2.61. The summed E-state index contributed by atoms with van der Waals surface area (Å²) in [5, 5.41) is 0. The first-order valence-corrected chi connectivity index (χ1v) is 6.59. The van der Waals surface area contributed by atoms with Crippen LogP contribution in [0.2, 0.25) is 0 Å². The first-order valence-electron chi connectivity index (χ1n) is 5.60. The monoisotopic (exact) mass is 222 g/mol. The maximum Gasteiger partial charge on any atom is 0.111 e. The molecule has 0 aromatic heterocycles. The van der Waals surface area contributed by atoms with Crippen LogP contribution in [0.1, 0.15) is 38.4 Å². The second-order valence-corrected chi connectivity index (χ2v) is 5.85. The molecule has 0 spiro atoms. The average molecular weight is 222 g/mol. The molecule has 2 atom stereocenters. The van der Waals surface area contributed by atoms with E-state index in [1.54, 1.807) is 0 Å². The summed E-state index contributed by atoms with van der Waals surface area (Å²) >= 11 is 1.92. The van der Waals surface area contributed by atoms with Gasteiger partial charge in [-0.1, -0.05) is 37.3 Å². The van der Waals surface area contributed by atoms with Crippen LogP contribution in [0.5, 0.6) is 0 Å². The van der Waals surface area contributed by atoms with Gasteiger partial charge in [0.15, 0.2) is 0 Å². The molecular formula is C13H18OS. The van der Waals surface area contributed by atoms with E-state index in [-0.39, 0.29) is 4.93 Å². The van der Waals surface area contributed by atoms with Crippen LogP contribution in [0.3, 0.4) is 0 Å². The zero-order valence-corrected chi connectivity index (χ0v) is 10.2. The summed E-state index contributed by atoms with van der Waals surface area (Å²) in [5.74, 6) is 1.12. The van der Waals surface area contributed by atoms with E-state index in [0.717, 1.165) is 18.6 Å². The van der Waals surface area contributed by atoms with Gasteiger partial charge < -0.3 is 4.74 Å². The molecule has 0 radical (unpaired) electrons. The Bertz CT molecular complexity index is 312. The molecule has 1 fully saturated rings. The third-order valence-electron chi connectivity index (χ3n) is 2.87. The van der Waals surface area contributed by atoms with Gasteiger partial charge in [-0.3, -0.25) is 0 Å². The summed E-state index contributed by atoms with van der Waals surface area (Å²) in [7, 11) is 0. The van der Waals surface area contributed by atoms with Gasteiger partial charge in [-0.2, -0.15) is 0 Å². The van der Waals surface area contributed by atoms with E-state index in [9.17, 15) is 0 Å². The van der Waals surface area contributed by atoms with Crippen LogP contribution in [0.25, 0.3) is 0 Å². The smallest absolute Gasteiger partial charge is 0.111 e. The molecule has 1 nitrogen and oxygen atoms in total. The van der Waals surface area contributed by atoms with Crippen molar-refractivity contribution in [3.05, 3.63) is 35.9 Å². The Labute approximate surface area is 96.2 Å². The third kappa shape index (κ3) is 2.56. The number of hydrogen-bond donors (Lipinski definition) is 0. The van der Waals surface area contributed by atoms with E-state index >= 15 is 0 Å². The van der Waals surface area contributed by atoms with Crippen molar-refractivity contribution in [3.63, 3.8) is 0 Å². The molecule has 0 saturated carbocycles. The Morgan fingerprint density at radius 3 is 2.80 bits per heavy atom. The number of thioether (sulfide) groups is 1. The molecule has 0 aliphatic carbocycles. The van der Waals surface area contributed by atoms with Crippen molar-refractivity contribution in [2.24, 2.45) is 0 Å². The van der Waals surface area contributed by atoms with Crippen molar-refractivity contribution in [1.82, 2.24) is 0 Å². The summed E-state index contributed by atoms with van der Waals surface area (Å²) in [6, 6.07) is 10.5. The van der Waals surface area contributed by atoms with E-state index < -0.39 is 0 Å². The molecule has 15 heavy (non-hydrogen) atoms. The van der Waals surface area contributed by atoms with E-state index in [1.165, 1.54) is 5.56 Å². The van der Waals surface area contributed by atoms with E-state index in [4.69, 9.17) is 4.74 Å². The van der Waals surface area contributed by atoms with E-state index in [2.05, 4.69) is 44.2 Å². The average Bonchev–Trinajstić information content (AvgIpc) is 2.63. The van der Waals surface area contributed by atoms with E-state index in [0.29, 0.717) is 6.10 Å². The minimum Gasteiger partial charge on any atom is -0.357 e.